The van der Waals surface area contributed by atoms with Crippen LogP contribution in [0, 0.1) is 6.92 Å². The average Bonchev–Trinajstić information content (AvgIpc) is 3.06. The number of anilines is 1. The van der Waals surface area contributed by atoms with Crippen molar-refractivity contribution in [2.75, 3.05) is 5.32 Å². The number of carbonyl (C=O) groups excluding carboxylic acids is 1. The molecule has 7 nitrogen and oxygen atoms in total. The van der Waals surface area contributed by atoms with Crippen molar-refractivity contribution in [2.45, 2.75) is 70.4 Å². The molecule has 0 radical (unpaired) electrons. The number of thiazole rings is 1. The number of urea groups is 1. The van der Waals surface area contributed by atoms with E-state index in [0.717, 1.165) is 49.9 Å². The number of amides is 2. The summed E-state index contributed by atoms with van der Waals surface area (Å²) in [5, 5.41) is 11.0. The van der Waals surface area contributed by atoms with E-state index >= 15 is 0 Å². The number of carbonyl (C=O) groups is 1. The maximum atomic E-state index is 12.3. The minimum absolute atomic E-state index is 0.0533. The normalized spacial score (nSPS) is 22.1. The van der Waals surface area contributed by atoms with E-state index in [1.54, 1.807) is 28.2 Å². The molecule has 144 valence electrons. The van der Waals surface area contributed by atoms with Crippen LogP contribution in [-0.4, -0.2) is 26.8 Å². The van der Waals surface area contributed by atoms with Gasteiger partial charge in [-0.05, 0) is 64.4 Å². The highest BCUT2D eigenvalue weighted by molar-refractivity contribution is 7.15. The molecule has 0 unspecified atom stereocenters. The first kappa shape index (κ1) is 18.2. The van der Waals surface area contributed by atoms with Crippen LogP contribution in [0.4, 0.5) is 9.93 Å². The highest BCUT2D eigenvalue weighted by Gasteiger charge is 2.25. The SMILES string of the molecule is Cc1ccc(=O)n(C2CCC(NC(=O)Nc3nc4c(s3)CCCC4)CC2)n1. The van der Waals surface area contributed by atoms with Gasteiger partial charge < -0.3 is 5.32 Å². The number of nitrogens with one attached hydrogen (secondary N) is 2. The molecule has 2 heterocycles. The first-order valence-electron chi connectivity index (χ1n) is 9.71. The summed E-state index contributed by atoms with van der Waals surface area (Å²) in [5.41, 5.74) is 1.95. The lowest BCUT2D eigenvalue weighted by atomic mass is 9.91. The predicted molar refractivity (Wildman–Crippen MR) is 105 cm³/mol. The van der Waals surface area contributed by atoms with Gasteiger partial charge >= 0.3 is 6.03 Å². The molecule has 0 atom stereocenters. The van der Waals surface area contributed by atoms with Gasteiger partial charge in [0.1, 0.15) is 0 Å². The van der Waals surface area contributed by atoms with Gasteiger partial charge in [-0.1, -0.05) is 0 Å². The Labute approximate surface area is 162 Å². The summed E-state index contributed by atoms with van der Waals surface area (Å²) >= 11 is 1.60. The summed E-state index contributed by atoms with van der Waals surface area (Å²) in [7, 11) is 0. The molecule has 0 aliphatic heterocycles. The maximum Gasteiger partial charge on any atom is 0.321 e. The number of aryl methyl sites for hydroxylation is 3. The van der Waals surface area contributed by atoms with Gasteiger partial charge in [-0.3, -0.25) is 10.1 Å². The molecule has 2 N–H and O–H groups in total. The number of nitrogens with zero attached hydrogens (tertiary/aromatic N) is 3. The fourth-order valence-electron chi connectivity index (χ4n) is 3.97. The Morgan fingerprint density at radius 3 is 2.74 bits per heavy atom. The molecule has 4 rings (SSSR count). The molecular formula is C19H25N5O2S. The fraction of sp³-hybridized carbons (Fsp3) is 0.579. The van der Waals surface area contributed by atoms with Gasteiger partial charge in [0.05, 0.1) is 17.4 Å². The summed E-state index contributed by atoms with van der Waals surface area (Å²) in [6.07, 6.45) is 7.86. The predicted octanol–water partition coefficient (Wildman–Crippen LogP) is 3.19. The number of hydrogen-bond acceptors (Lipinski definition) is 5. The number of hydrogen-bond donors (Lipinski definition) is 2. The molecule has 27 heavy (non-hydrogen) atoms. The van der Waals surface area contributed by atoms with E-state index in [1.807, 2.05) is 6.92 Å². The van der Waals surface area contributed by atoms with Crippen LogP contribution in [0.5, 0.6) is 0 Å². The molecule has 2 aromatic rings. The Balaban J connectivity index is 1.30. The summed E-state index contributed by atoms with van der Waals surface area (Å²) in [4.78, 5) is 30.2. The van der Waals surface area contributed by atoms with Crippen LogP contribution in [0.25, 0.3) is 0 Å². The number of fused-ring (bicyclic) bond motifs is 1. The van der Waals surface area contributed by atoms with Gasteiger partial charge in [-0.2, -0.15) is 5.10 Å². The standard InChI is InChI=1S/C19H25N5O2S/c1-12-6-11-17(25)24(23-12)14-9-7-13(8-10-14)20-18(26)22-19-21-15-4-2-3-5-16(15)27-19/h6,11,13-14H,2-5,7-10H2,1H3,(H2,20,21,22,26). The molecule has 0 bridgehead atoms. The van der Waals surface area contributed by atoms with Gasteiger partial charge in [-0.25, -0.2) is 14.5 Å². The molecule has 1 saturated carbocycles. The minimum atomic E-state index is -0.185. The summed E-state index contributed by atoms with van der Waals surface area (Å²) in [5.74, 6) is 0. The second-order valence-electron chi connectivity index (χ2n) is 7.46. The van der Waals surface area contributed by atoms with Crippen LogP contribution >= 0.6 is 11.3 Å². The number of aromatic nitrogens is 3. The Bertz CT molecular complexity index is 859. The zero-order valence-corrected chi connectivity index (χ0v) is 16.3. The van der Waals surface area contributed by atoms with E-state index in [1.165, 1.54) is 17.7 Å². The van der Waals surface area contributed by atoms with Crippen molar-refractivity contribution < 1.29 is 4.79 Å². The topological polar surface area (TPSA) is 88.9 Å². The zero-order valence-electron chi connectivity index (χ0n) is 15.5. The van der Waals surface area contributed by atoms with E-state index in [2.05, 4.69) is 20.7 Å². The second kappa shape index (κ2) is 7.80. The Kier molecular flexibility index (Phi) is 5.24. The molecule has 0 aromatic carbocycles. The third-order valence-corrected chi connectivity index (χ3v) is 6.48. The van der Waals surface area contributed by atoms with Gasteiger partial charge in [0.2, 0.25) is 0 Å². The molecular weight excluding hydrogens is 362 g/mol. The van der Waals surface area contributed by atoms with Crippen molar-refractivity contribution in [3.8, 4) is 0 Å². The molecule has 0 spiro atoms. The minimum Gasteiger partial charge on any atom is -0.335 e. The van der Waals surface area contributed by atoms with E-state index in [9.17, 15) is 9.59 Å². The van der Waals surface area contributed by atoms with Crippen LogP contribution in [0.2, 0.25) is 0 Å². The van der Waals surface area contributed by atoms with Crippen molar-refractivity contribution in [3.05, 3.63) is 38.8 Å². The molecule has 2 aromatic heterocycles. The van der Waals surface area contributed by atoms with Crippen molar-refractivity contribution in [1.82, 2.24) is 20.1 Å². The van der Waals surface area contributed by atoms with E-state index < -0.39 is 0 Å². The number of rotatable bonds is 3. The summed E-state index contributed by atoms with van der Waals surface area (Å²) in [6, 6.07) is 3.37. The van der Waals surface area contributed by atoms with Crippen LogP contribution in [0.3, 0.4) is 0 Å². The lowest BCUT2D eigenvalue weighted by Crippen LogP contribution is -2.41. The van der Waals surface area contributed by atoms with Crippen LogP contribution in [0.1, 0.15) is 60.8 Å². The highest BCUT2D eigenvalue weighted by atomic mass is 32.1. The first-order valence-corrected chi connectivity index (χ1v) is 10.5. The lowest BCUT2D eigenvalue weighted by Gasteiger charge is -2.29. The van der Waals surface area contributed by atoms with Crippen molar-refractivity contribution in [2.24, 2.45) is 0 Å². The summed E-state index contributed by atoms with van der Waals surface area (Å²) in [6.45, 7) is 1.89. The van der Waals surface area contributed by atoms with Gasteiger partial charge in [0.15, 0.2) is 5.13 Å². The first-order chi connectivity index (χ1) is 13.1. The van der Waals surface area contributed by atoms with Crippen molar-refractivity contribution in [3.63, 3.8) is 0 Å². The van der Waals surface area contributed by atoms with E-state index in [0.29, 0.717) is 5.13 Å². The maximum absolute atomic E-state index is 12.3. The highest BCUT2D eigenvalue weighted by Crippen LogP contribution is 2.30. The zero-order chi connectivity index (χ0) is 18.8. The van der Waals surface area contributed by atoms with Crippen LogP contribution in [-0.2, 0) is 12.8 Å². The third kappa shape index (κ3) is 4.21. The molecule has 8 heteroatoms. The molecule has 2 aliphatic rings. The Hall–Kier alpha value is -2.22. The quantitative estimate of drug-likeness (QED) is 0.846. The van der Waals surface area contributed by atoms with Gasteiger partial charge in [-0.15, -0.1) is 11.3 Å². The molecule has 0 saturated heterocycles. The second-order valence-corrected chi connectivity index (χ2v) is 8.54. The van der Waals surface area contributed by atoms with Crippen LogP contribution in [0.15, 0.2) is 16.9 Å². The van der Waals surface area contributed by atoms with Crippen molar-refractivity contribution in [1.29, 1.82) is 0 Å². The summed E-state index contributed by atoms with van der Waals surface area (Å²) < 4.78 is 1.60. The Morgan fingerprint density at radius 2 is 1.96 bits per heavy atom. The Morgan fingerprint density at radius 1 is 1.19 bits per heavy atom. The molecule has 1 fully saturated rings. The van der Waals surface area contributed by atoms with Gasteiger partial charge in [0.25, 0.3) is 5.56 Å². The monoisotopic (exact) mass is 387 g/mol. The van der Waals surface area contributed by atoms with E-state index in [4.69, 9.17) is 0 Å². The van der Waals surface area contributed by atoms with Crippen molar-refractivity contribution >= 4 is 22.5 Å². The molecule has 2 amide bonds. The largest absolute Gasteiger partial charge is 0.335 e. The average molecular weight is 388 g/mol. The lowest BCUT2D eigenvalue weighted by molar-refractivity contribution is 0.234. The van der Waals surface area contributed by atoms with Crippen LogP contribution < -0.4 is 16.2 Å². The fourth-order valence-corrected chi connectivity index (χ4v) is 5.02. The molecule has 2 aliphatic carbocycles. The van der Waals surface area contributed by atoms with E-state index in [-0.39, 0.29) is 23.7 Å². The third-order valence-electron chi connectivity index (χ3n) is 5.40. The smallest absolute Gasteiger partial charge is 0.321 e. The van der Waals surface area contributed by atoms with Gasteiger partial charge in [0, 0.05) is 17.0 Å².